The molecule has 2 amide bonds. The largest absolute Gasteiger partial charge is 0.343 e. The highest BCUT2D eigenvalue weighted by Gasteiger charge is 2.28. The van der Waals surface area contributed by atoms with E-state index in [9.17, 15) is 9.59 Å². The van der Waals surface area contributed by atoms with Crippen molar-refractivity contribution in [3.8, 4) is 0 Å². The second kappa shape index (κ2) is 10.1. The lowest BCUT2D eigenvalue weighted by molar-refractivity contribution is -0.118. The molecule has 2 aliphatic rings. The summed E-state index contributed by atoms with van der Waals surface area (Å²) in [6.07, 6.45) is 7.12. The number of aromatic nitrogens is 2. The van der Waals surface area contributed by atoms with Crippen molar-refractivity contribution in [2.75, 3.05) is 49.3 Å². The average molecular weight is 465 g/mol. The number of piperazine rings is 1. The second-order valence-electron chi connectivity index (χ2n) is 8.84. The number of nitrogens with zero attached hydrogens (tertiary/aromatic N) is 4. The van der Waals surface area contributed by atoms with Crippen LogP contribution in [0.15, 0.2) is 36.8 Å². The first-order chi connectivity index (χ1) is 16.4. The Kier molecular flexibility index (Phi) is 6.97. The third kappa shape index (κ3) is 4.81. The zero-order valence-corrected chi connectivity index (χ0v) is 19.7. The van der Waals surface area contributed by atoms with Crippen LogP contribution in [0.4, 0.5) is 17.3 Å². The molecule has 1 aliphatic heterocycles. The number of rotatable bonds is 8. The van der Waals surface area contributed by atoms with Crippen molar-refractivity contribution in [3.63, 3.8) is 0 Å². The number of amides is 2. The molecule has 1 saturated heterocycles. The first kappa shape index (κ1) is 23.5. The minimum Gasteiger partial charge on any atom is -0.343 e. The van der Waals surface area contributed by atoms with Gasteiger partial charge in [-0.1, -0.05) is 19.4 Å². The van der Waals surface area contributed by atoms with Gasteiger partial charge in [-0.15, -0.1) is 0 Å². The first-order valence-electron chi connectivity index (χ1n) is 11.6. The average Bonchev–Trinajstić information content (AvgIpc) is 3.47. The minimum absolute atomic E-state index is 0.0229. The molecular formula is C24H32N8O2. The van der Waals surface area contributed by atoms with E-state index >= 15 is 0 Å². The van der Waals surface area contributed by atoms with E-state index in [1.165, 1.54) is 6.21 Å². The van der Waals surface area contributed by atoms with E-state index in [-0.39, 0.29) is 17.9 Å². The zero-order chi connectivity index (χ0) is 24.2. The second-order valence-corrected chi connectivity index (χ2v) is 8.84. The van der Waals surface area contributed by atoms with Crippen LogP contribution >= 0.6 is 0 Å². The molecule has 1 aliphatic carbocycles. The van der Waals surface area contributed by atoms with Crippen molar-refractivity contribution in [1.29, 1.82) is 5.41 Å². The number of pyridine rings is 1. The number of hydrogen-bond donors (Lipinski definition) is 4. The lowest BCUT2D eigenvalue weighted by Gasteiger charge is -2.27. The van der Waals surface area contributed by atoms with E-state index in [0.29, 0.717) is 41.8 Å². The topological polar surface area (TPSA) is 118 Å². The predicted molar refractivity (Wildman–Crippen MR) is 134 cm³/mol. The van der Waals surface area contributed by atoms with Crippen molar-refractivity contribution < 1.29 is 9.59 Å². The number of carbonyl (C=O) groups is 2. The Morgan fingerprint density at radius 2 is 2.06 bits per heavy atom. The van der Waals surface area contributed by atoms with Gasteiger partial charge >= 0.3 is 0 Å². The van der Waals surface area contributed by atoms with Crippen LogP contribution in [0.5, 0.6) is 0 Å². The summed E-state index contributed by atoms with van der Waals surface area (Å²) < 4.78 is 2.02. The molecule has 10 heteroatoms. The van der Waals surface area contributed by atoms with Crippen LogP contribution in [0.2, 0.25) is 0 Å². The van der Waals surface area contributed by atoms with Crippen molar-refractivity contribution in [2.45, 2.75) is 31.7 Å². The third-order valence-electron chi connectivity index (χ3n) is 6.23. The molecule has 0 unspecified atom stereocenters. The molecule has 4 N–H and O–H groups in total. The molecule has 0 atom stereocenters. The molecule has 0 spiro atoms. The predicted octanol–water partition coefficient (Wildman–Crippen LogP) is 2.63. The highest BCUT2D eigenvalue weighted by atomic mass is 16.2. The summed E-state index contributed by atoms with van der Waals surface area (Å²) in [5.41, 5.74) is 1.94. The van der Waals surface area contributed by atoms with Gasteiger partial charge in [0, 0.05) is 45.0 Å². The van der Waals surface area contributed by atoms with Crippen LogP contribution in [0, 0.1) is 5.41 Å². The van der Waals surface area contributed by atoms with Crippen LogP contribution in [0.3, 0.4) is 0 Å². The van der Waals surface area contributed by atoms with Gasteiger partial charge in [-0.05, 0) is 31.0 Å². The lowest BCUT2D eigenvalue weighted by Crippen LogP contribution is -2.48. The van der Waals surface area contributed by atoms with Crippen molar-refractivity contribution in [1.82, 2.24) is 19.8 Å². The SMILES string of the molecule is C=C(Nc1ccc(N2CCNCC2=O)cn1)Nc1c(C=N)cc(C(=O)N(C)C)n1C1CCCC1. The van der Waals surface area contributed by atoms with E-state index < -0.39 is 0 Å². The molecule has 4 rings (SSSR count). The van der Waals surface area contributed by atoms with E-state index in [0.717, 1.165) is 37.9 Å². The van der Waals surface area contributed by atoms with Crippen molar-refractivity contribution in [2.24, 2.45) is 0 Å². The maximum absolute atomic E-state index is 12.9. The molecule has 0 aromatic carbocycles. The van der Waals surface area contributed by atoms with Crippen molar-refractivity contribution in [3.05, 3.63) is 48.1 Å². The Hall–Kier alpha value is -3.66. The fourth-order valence-electron chi connectivity index (χ4n) is 4.55. The van der Waals surface area contributed by atoms with Crippen LogP contribution in [0.25, 0.3) is 0 Å². The Labute approximate surface area is 199 Å². The van der Waals surface area contributed by atoms with Crippen LogP contribution < -0.4 is 20.9 Å². The molecule has 10 nitrogen and oxygen atoms in total. The number of hydrogen-bond acceptors (Lipinski definition) is 7. The van der Waals surface area contributed by atoms with Crippen LogP contribution in [-0.4, -0.2) is 66.2 Å². The molecule has 2 aromatic heterocycles. The quantitative estimate of drug-likeness (QED) is 0.446. The maximum Gasteiger partial charge on any atom is 0.270 e. The summed E-state index contributed by atoms with van der Waals surface area (Å²) in [6, 6.07) is 5.61. The summed E-state index contributed by atoms with van der Waals surface area (Å²) in [4.78, 5) is 32.7. The molecule has 34 heavy (non-hydrogen) atoms. The van der Waals surface area contributed by atoms with E-state index in [2.05, 4.69) is 27.5 Å². The van der Waals surface area contributed by atoms with Gasteiger partial charge < -0.3 is 35.7 Å². The van der Waals surface area contributed by atoms with Gasteiger partial charge in [0.15, 0.2) is 0 Å². The van der Waals surface area contributed by atoms with E-state index in [4.69, 9.17) is 5.41 Å². The molecule has 0 bridgehead atoms. The third-order valence-corrected chi connectivity index (χ3v) is 6.23. The van der Waals surface area contributed by atoms with Gasteiger partial charge in [0.2, 0.25) is 5.91 Å². The Balaban J connectivity index is 1.54. The Morgan fingerprint density at radius 3 is 2.68 bits per heavy atom. The number of carbonyl (C=O) groups excluding carboxylic acids is 2. The molecule has 180 valence electrons. The fraction of sp³-hybridized carbons (Fsp3) is 0.417. The van der Waals surface area contributed by atoms with E-state index in [1.807, 2.05) is 10.6 Å². The number of nitrogens with one attached hydrogen (secondary N) is 4. The normalized spacial score (nSPS) is 16.4. The van der Waals surface area contributed by atoms with Crippen molar-refractivity contribution >= 4 is 35.4 Å². The van der Waals surface area contributed by atoms with Crippen LogP contribution in [-0.2, 0) is 4.79 Å². The Morgan fingerprint density at radius 1 is 1.29 bits per heavy atom. The number of anilines is 3. The lowest BCUT2D eigenvalue weighted by atomic mass is 10.2. The minimum atomic E-state index is -0.0960. The van der Waals surface area contributed by atoms with Gasteiger partial charge in [0.1, 0.15) is 23.2 Å². The molecule has 2 aromatic rings. The summed E-state index contributed by atoms with van der Waals surface area (Å²) in [7, 11) is 3.46. The Bertz CT molecular complexity index is 1080. The first-order valence-corrected chi connectivity index (χ1v) is 11.6. The summed E-state index contributed by atoms with van der Waals surface area (Å²) in [5, 5.41) is 17.4. The summed E-state index contributed by atoms with van der Waals surface area (Å²) >= 11 is 0. The van der Waals surface area contributed by atoms with E-state index in [1.54, 1.807) is 42.2 Å². The zero-order valence-electron chi connectivity index (χ0n) is 19.7. The molecule has 1 saturated carbocycles. The van der Waals surface area contributed by atoms with Crippen LogP contribution in [0.1, 0.15) is 47.8 Å². The van der Waals surface area contributed by atoms with Gasteiger partial charge in [0.25, 0.3) is 5.91 Å². The van der Waals surface area contributed by atoms with Gasteiger partial charge in [0.05, 0.1) is 18.4 Å². The van der Waals surface area contributed by atoms with Gasteiger partial charge in [-0.2, -0.15) is 0 Å². The smallest absolute Gasteiger partial charge is 0.270 e. The highest BCUT2D eigenvalue weighted by molar-refractivity contribution is 5.98. The molecular weight excluding hydrogens is 432 g/mol. The summed E-state index contributed by atoms with van der Waals surface area (Å²) in [6.45, 7) is 5.77. The van der Waals surface area contributed by atoms with Gasteiger partial charge in [-0.3, -0.25) is 9.59 Å². The standard InChI is InChI=1S/C24H32N8O2/c1-16(28-21-9-8-19(14-27-21)31-11-10-26-15-22(31)33)29-23-17(13-25)12-20(24(34)30(2)3)32(23)18-6-4-5-7-18/h8-9,12-14,18,25-26,29H,1,4-7,10-11,15H2,2-3H3,(H,27,28). The molecule has 3 heterocycles. The molecule has 2 fully saturated rings. The van der Waals surface area contributed by atoms with Gasteiger partial charge in [-0.25, -0.2) is 4.98 Å². The monoisotopic (exact) mass is 464 g/mol. The summed E-state index contributed by atoms with van der Waals surface area (Å²) in [5.74, 6) is 1.65. The fourth-order valence-corrected chi connectivity index (χ4v) is 4.55. The maximum atomic E-state index is 12.9. The highest BCUT2D eigenvalue weighted by Crippen LogP contribution is 2.36. The molecule has 0 radical (unpaired) electrons.